The monoisotopic (exact) mass is 253 g/mol. The maximum atomic E-state index is 4.28. The molecule has 19 heavy (non-hydrogen) atoms. The SMILES string of the molecule is C=CC(=C)C(=C)/C=C\C=NCC(=C)/C(C)=C\C=C/C. The summed E-state index contributed by atoms with van der Waals surface area (Å²) >= 11 is 0. The van der Waals surface area contributed by atoms with Gasteiger partial charge in [0.1, 0.15) is 0 Å². The average molecular weight is 253 g/mol. The van der Waals surface area contributed by atoms with Gasteiger partial charge in [-0.05, 0) is 42.2 Å². The van der Waals surface area contributed by atoms with Crippen LogP contribution in [0, 0.1) is 0 Å². The highest BCUT2D eigenvalue weighted by molar-refractivity contribution is 5.72. The molecule has 0 aliphatic rings. The molecule has 1 heteroatoms. The Kier molecular flexibility index (Phi) is 8.72. The summed E-state index contributed by atoms with van der Waals surface area (Å²) < 4.78 is 0. The van der Waals surface area contributed by atoms with Crippen molar-refractivity contribution in [3.8, 4) is 0 Å². The van der Waals surface area contributed by atoms with Gasteiger partial charge >= 0.3 is 0 Å². The second kappa shape index (κ2) is 9.84. The summed E-state index contributed by atoms with van der Waals surface area (Å²) in [7, 11) is 0. The van der Waals surface area contributed by atoms with Gasteiger partial charge in [-0.1, -0.05) is 56.7 Å². The summed E-state index contributed by atoms with van der Waals surface area (Å²) in [6, 6.07) is 0. The van der Waals surface area contributed by atoms with Crippen LogP contribution >= 0.6 is 0 Å². The van der Waals surface area contributed by atoms with Crippen molar-refractivity contribution in [2.75, 3.05) is 6.54 Å². The van der Waals surface area contributed by atoms with Gasteiger partial charge in [0.2, 0.25) is 0 Å². The average Bonchev–Trinajstić information content (AvgIpc) is 2.42. The van der Waals surface area contributed by atoms with E-state index in [1.807, 2.05) is 44.2 Å². The third-order valence-corrected chi connectivity index (χ3v) is 2.53. The molecule has 0 spiro atoms. The zero-order valence-corrected chi connectivity index (χ0v) is 12.0. The second-order valence-electron chi connectivity index (χ2n) is 4.08. The molecule has 0 N–H and O–H groups in total. The van der Waals surface area contributed by atoms with E-state index in [1.165, 1.54) is 0 Å². The van der Waals surface area contributed by atoms with E-state index < -0.39 is 0 Å². The van der Waals surface area contributed by atoms with Crippen LogP contribution in [0.5, 0.6) is 0 Å². The van der Waals surface area contributed by atoms with Crippen LogP contribution in [0.25, 0.3) is 0 Å². The maximum Gasteiger partial charge on any atom is 0.0636 e. The van der Waals surface area contributed by atoms with Gasteiger partial charge in [0.15, 0.2) is 0 Å². The molecule has 100 valence electrons. The summed E-state index contributed by atoms with van der Waals surface area (Å²) in [4.78, 5) is 4.28. The van der Waals surface area contributed by atoms with Crippen LogP contribution in [0.4, 0.5) is 0 Å². The minimum Gasteiger partial charge on any atom is -0.288 e. The molecular weight excluding hydrogens is 230 g/mol. The zero-order chi connectivity index (χ0) is 14.7. The Bertz CT molecular complexity index is 468. The minimum absolute atomic E-state index is 0.596. The topological polar surface area (TPSA) is 12.4 Å². The molecule has 0 radical (unpaired) electrons. The van der Waals surface area contributed by atoms with Gasteiger partial charge in [0.25, 0.3) is 0 Å². The molecule has 0 aromatic carbocycles. The molecule has 0 bridgehead atoms. The van der Waals surface area contributed by atoms with Crippen LogP contribution in [0.3, 0.4) is 0 Å². The van der Waals surface area contributed by atoms with Crippen LogP contribution in [-0.4, -0.2) is 12.8 Å². The van der Waals surface area contributed by atoms with E-state index in [-0.39, 0.29) is 0 Å². The fourth-order valence-corrected chi connectivity index (χ4v) is 1.10. The number of hydrogen-bond donors (Lipinski definition) is 0. The van der Waals surface area contributed by atoms with E-state index >= 15 is 0 Å². The van der Waals surface area contributed by atoms with Crippen molar-refractivity contribution in [2.24, 2.45) is 4.99 Å². The summed E-state index contributed by atoms with van der Waals surface area (Å²) in [6.07, 6.45) is 13.1. The number of rotatable bonds is 8. The van der Waals surface area contributed by atoms with E-state index in [0.29, 0.717) is 6.54 Å². The molecule has 0 unspecified atom stereocenters. The number of hydrogen-bond acceptors (Lipinski definition) is 1. The van der Waals surface area contributed by atoms with Gasteiger partial charge in [-0.15, -0.1) is 0 Å². The van der Waals surface area contributed by atoms with Crippen molar-refractivity contribution >= 4 is 6.21 Å². The highest BCUT2D eigenvalue weighted by Gasteiger charge is 1.93. The predicted octanol–water partition coefficient (Wildman–Crippen LogP) is 4.99. The van der Waals surface area contributed by atoms with Gasteiger partial charge in [0, 0.05) is 6.21 Å². The number of aliphatic imine (C=N–C) groups is 1. The molecule has 0 aromatic heterocycles. The summed E-state index contributed by atoms with van der Waals surface area (Å²) in [5.41, 5.74) is 3.81. The van der Waals surface area contributed by atoms with Crippen LogP contribution < -0.4 is 0 Å². The summed E-state index contributed by atoms with van der Waals surface area (Å²) in [6.45, 7) is 19.9. The fraction of sp³-hybridized carbons (Fsp3) is 0.167. The molecule has 1 nitrogen and oxygen atoms in total. The van der Waals surface area contributed by atoms with Crippen molar-refractivity contribution < 1.29 is 0 Å². The van der Waals surface area contributed by atoms with E-state index in [4.69, 9.17) is 0 Å². The quantitative estimate of drug-likeness (QED) is 0.427. The largest absolute Gasteiger partial charge is 0.288 e. The molecular formula is C18H23N. The van der Waals surface area contributed by atoms with E-state index in [9.17, 15) is 0 Å². The van der Waals surface area contributed by atoms with Gasteiger partial charge in [-0.3, -0.25) is 4.99 Å². The molecule has 0 rings (SSSR count). The lowest BCUT2D eigenvalue weighted by Crippen LogP contribution is -1.88. The van der Waals surface area contributed by atoms with Crippen molar-refractivity contribution in [3.05, 3.63) is 85.1 Å². The number of allylic oxidation sites excluding steroid dienone is 8. The maximum absolute atomic E-state index is 4.28. The van der Waals surface area contributed by atoms with E-state index in [0.717, 1.165) is 22.3 Å². The van der Waals surface area contributed by atoms with Crippen molar-refractivity contribution in [3.63, 3.8) is 0 Å². The third-order valence-electron chi connectivity index (χ3n) is 2.53. The summed E-state index contributed by atoms with van der Waals surface area (Å²) in [5, 5.41) is 0. The fourth-order valence-electron chi connectivity index (χ4n) is 1.10. The Hall–Kier alpha value is -2.15. The summed E-state index contributed by atoms with van der Waals surface area (Å²) in [5.74, 6) is 0. The van der Waals surface area contributed by atoms with Crippen molar-refractivity contribution in [1.29, 1.82) is 0 Å². The van der Waals surface area contributed by atoms with Gasteiger partial charge in [-0.25, -0.2) is 0 Å². The molecule has 0 amide bonds. The Balaban J connectivity index is 4.28. The van der Waals surface area contributed by atoms with Crippen LogP contribution in [0.1, 0.15) is 13.8 Å². The van der Waals surface area contributed by atoms with E-state index in [2.05, 4.69) is 31.3 Å². The first kappa shape index (κ1) is 16.9. The first-order chi connectivity index (χ1) is 9.02. The van der Waals surface area contributed by atoms with Crippen LogP contribution in [0.2, 0.25) is 0 Å². The van der Waals surface area contributed by atoms with Crippen LogP contribution in [0.15, 0.2) is 90.1 Å². The van der Waals surface area contributed by atoms with Gasteiger partial charge < -0.3 is 0 Å². The normalized spacial score (nSPS) is 12.4. The molecule has 0 fully saturated rings. The first-order valence-electron chi connectivity index (χ1n) is 6.17. The molecule has 0 aromatic rings. The highest BCUT2D eigenvalue weighted by Crippen LogP contribution is 2.08. The first-order valence-corrected chi connectivity index (χ1v) is 6.17. The molecule has 0 saturated carbocycles. The molecule has 0 aliphatic carbocycles. The Labute approximate surface area is 117 Å². The molecule has 0 saturated heterocycles. The molecule has 0 atom stereocenters. The van der Waals surface area contributed by atoms with Crippen molar-refractivity contribution in [1.82, 2.24) is 0 Å². The smallest absolute Gasteiger partial charge is 0.0636 e. The molecule has 0 aliphatic heterocycles. The predicted molar refractivity (Wildman–Crippen MR) is 88.7 cm³/mol. The second-order valence-corrected chi connectivity index (χ2v) is 4.08. The Morgan fingerprint density at radius 2 is 1.79 bits per heavy atom. The van der Waals surface area contributed by atoms with E-state index in [1.54, 1.807) is 12.3 Å². The van der Waals surface area contributed by atoms with Gasteiger partial charge in [0.05, 0.1) is 6.54 Å². The number of nitrogens with zero attached hydrogens (tertiary/aromatic N) is 1. The standard InChI is InChI=1S/C18H23N/c1-7-9-11-17(5)18(6)14-19-13-10-12-16(4)15(3)8-2/h7-13H,2-4,6,14H2,1,5H3/b9-7-,12-10-,17-11-,19-13?. The third kappa shape index (κ3) is 7.72. The molecule has 0 heterocycles. The van der Waals surface area contributed by atoms with Crippen molar-refractivity contribution in [2.45, 2.75) is 13.8 Å². The van der Waals surface area contributed by atoms with Crippen LogP contribution in [-0.2, 0) is 0 Å². The highest BCUT2D eigenvalue weighted by atomic mass is 14.7. The lowest BCUT2D eigenvalue weighted by atomic mass is 10.1. The van der Waals surface area contributed by atoms with Gasteiger partial charge in [-0.2, -0.15) is 0 Å². The lowest BCUT2D eigenvalue weighted by molar-refractivity contribution is 1.15. The Morgan fingerprint density at radius 1 is 1.11 bits per heavy atom. The lowest BCUT2D eigenvalue weighted by Gasteiger charge is -2.00. The minimum atomic E-state index is 0.596. The zero-order valence-electron chi connectivity index (χ0n) is 12.0. The Morgan fingerprint density at radius 3 is 2.37 bits per heavy atom.